The monoisotopic (exact) mass is 791 g/mol. The van der Waals surface area contributed by atoms with Crippen molar-refractivity contribution in [3.8, 4) is 11.5 Å². The fourth-order valence-corrected chi connectivity index (χ4v) is 12.7. The van der Waals surface area contributed by atoms with Gasteiger partial charge in [0.1, 0.15) is 11.5 Å². The largest absolute Gasteiger partial charge is 0.497 e. The van der Waals surface area contributed by atoms with E-state index in [0.29, 0.717) is 42.9 Å². The predicted octanol–water partition coefficient (Wildman–Crippen LogP) is 7.43. The molecular weight excluding hydrogens is 735 g/mol. The molecule has 0 bridgehead atoms. The fraction of sp³-hybridized carbons (Fsp3) is 0.422. The molecule has 0 aliphatic carbocycles. The highest BCUT2D eigenvalue weighted by atomic mass is 28.3. The number of aromatic nitrogens is 3. The number of amides is 2. The number of nitrogens with one attached hydrogen (secondary N) is 1. The minimum atomic E-state index is -2.40. The van der Waals surface area contributed by atoms with E-state index >= 15 is 4.79 Å². The normalized spacial score (nSPS) is 20.5. The van der Waals surface area contributed by atoms with Crippen LogP contribution in [0.5, 0.6) is 11.5 Å². The number of methoxy groups -OCH3 is 2. The summed E-state index contributed by atoms with van der Waals surface area (Å²) in [5.41, 5.74) is 4.57. The third-order valence-corrected chi connectivity index (χ3v) is 16.1. The van der Waals surface area contributed by atoms with E-state index in [-0.39, 0.29) is 36.0 Å². The van der Waals surface area contributed by atoms with E-state index in [1.165, 1.54) is 16.3 Å². The van der Waals surface area contributed by atoms with Crippen molar-refractivity contribution < 1.29 is 28.9 Å². The van der Waals surface area contributed by atoms with Crippen molar-refractivity contribution >= 4 is 36.4 Å². The summed E-state index contributed by atoms with van der Waals surface area (Å²) in [6.45, 7) is 14.2. The van der Waals surface area contributed by atoms with Crippen LogP contribution in [0.2, 0.25) is 18.6 Å². The molecule has 1 fully saturated rings. The summed E-state index contributed by atoms with van der Waals surface area (Å²) in [6.07, 6.45) is 8.84. The second-order valence-electron chi connectivity index (χ2n) is 16.1. The summed E-state index contributed by atoms with van der Waals surface area (Å²) in [6, 6.07) is 21.1. The lowest BCUT2D eigenvalue weighted by Gasteiger charge is -2.37. The zero-order valence-electron chi connectivity index (χ0n) is 34.5. The SMILES string of the molecule is COc1ccc(C(=O)Nc2ccc3c(c2)[C@@]2(O[C@H](CCn4cc(CCO)nn4)[C@@H]([Si](C)(C)c4ccc(OC)cc4)[C@@H]2C)C(=O)N3C/C=C(\C)CCC=C(C)C)cc1. The van der Waals surface area contributed by atoms with Gasteiger partial charge < -0.3 is 29.5 Å². The molecule has 1 aromatic heterocycles. The molecule has 0 unspecified atom stereocenters. The van der Waals surface area contributed by atoms with Gasteiger partial charge in [0.25, 0.3) is 11.8 Å². The third kappa shape index (κ3) is 8.63. The number of nitrogens with zero attached hydrogens (tertiary/aromatic N) is 4. The summed E-state index contributed by atoms with van der Waals surface area (Å²) < 4.78 is 20.0. The smallest absolute Gasteiger partial charge is 0.264 e. The molecule has 1 saturated heterocycles. The van der Waals surface area contributed by atoms with Gasteiger partial charge in [-0.15, -0.1) is 5.10 Å². The molecule has 2 N–H and O–H groups in total. The maximum absolute atomic E-state index is 15.3. The Kier molecular flexibility index (Phi) is 12.9. The number of aryl methyl sites for hydroxylation is 1. The summed E-state index contributed by atoms with van der Waals surface area (Å²) in [5, 5.41) is 22.4. The highest BCUT2D eigenvalue weighted by Gasteiger charge is 2.66. The molecule has 0 saturated carbocycles. The number of fused-ring (bicyclic) bond motifs is 2. The van der Waals surface area contributed by atoms with Gasteiger partial charge in [0.15, 0.2) is 5.60 Å². The van der Waals surface area contributed by atoms with Crippen molar-refractivity contribution in [2.75, 3.05) is 37.6 Å². The number of aliphatic hydroxyl groups excluding tert-OH is 1. The Balaban J connectivity index is 1.41. The number of anilines is 2. The van der Waals surface area contributed by atoms with Crippen molar-refractivity contribution in [3.05, 3.63) is 113 Å². The fourth-order valence-electron chi connectivity index (χ4n) is 8.66. The van der Waals surface area contributed by atoms with Gasteiger partial charge in [0.2, 0.25) is 0 Å². The number of benzene rings is 3. The second-order valence-corrected chi connectivity index (χ2v) is 20.8. The van der Waals surface area contributed by atoms with Crippen molar-refractivity contribution in [1.82, 2.24) is 15.0 Å². The first-order valence-electron chi connectivity index (χ1n) is 19.9. The average Bonchev–Trinajstić information content (AvgIpc) is 3.85. The topological polar surface area (TPSA) is 128 Å². The van der Waals surface area contributed by atoms with E-state index in [1.807, 2.05) is 41.4 Å². The van der Waals surface area contributed by atoms with Crippen LogP contribution in [0, 0.1) is 5.92 Å². The molecular formula is C45H57N5O6Si. The van der Waals surface area contributed by atoms with Crippen molar-refractivity contribution in [1.29, 1.82) is 0 Å². The van der Waals surface area contributed by atoms with Crippen LogP contribution < -0.4 is 24.9 Å². The van der Waals surface area contributed by atoms with Gasteiger partial charge in [0, 0.05) is 55.0 Å². The molecule has 3 heterocycles. The molecule has 4 atom stereocenters. The molecule has 3 aromatic carbocycles. The van der Waals surface area contributed by atoms with E-state index in [2.05, 4.69) is 80.7 Å². The van der Waals surface area contributed by atoms with Crippen molar-refractivity contribution in [3.63, 3.8) is 0 Å². The minimum absolute atomic E-state index is 0.00107. The minimum Gasteiger partial charge on any atom is -0.497 e. The van der Waals surface area contributed by atoms with Crippen molar-refractivity contribution in [2.24, 2.45) is 5.92 Å². The van der Waals surface area contributed by atoms with Gasteiger partial charge in [-0.3, -0.25) is 14.3 Å². The molecule has 11 nitrogen and oxygen atoms in total. The maximum atomic E-state index is 15.3. The molecule has 12 heteroatoms. The molecule has 0 radical (unpaired) electrons. The summed E-state index contributed by atoms with van der Waals surface area (Å²) in [7, 11) is 0.860. The number of carbonyl (C=O) groups excluding carboxylic acids is 2. The highest BCUT2D eigenvalue weighted by Crippen LogP contribution is 2.60. The Morgan fingerprint density at radius 3 is 2.33 bits per heavy atom. The standard InChI is InChI=1S/C45H57N5O6Si/c1-30(2)10-9-11-31(3)22-26-50-40-21-14-34(46-43(52)33-12-15-36(54-5)16-13-33)28-39(40)45(44(50)53)32(4)42(57(7,8)38-19-17-37(55-6)18-20-38)41(56-45)23-25-49-29-35(24-27-51)47-48-49/h10,12-22,28-29,32,41-42,51H,9,11,23-27H2,1-8H3,(H,46,52)/b31-22+/t32-,41+,42-,45+/m0/s1. The van der Waals surface area contributed by atoms with Gasteiger partial charge in [-0.25, -0.2) is 0 Å². The van der Waals surface area contributed by atoms with E-state index in [0.717, 1.165) is 35.5 Å². The second kappa shape index (κ2) is 17.6. The first-order chi connectivity index (χ1) is 27.3. The number of carbonyl (C=O) groups is 2. The maximum Gasteiger partial charge on any atom is 0.264 e. The number of rotatable bonds is 16. The van der Waals surface area contributed by atoms with Gasteiger partial charge in [-0.1, -0.05) is 65.8 Å². The zero-order valence-corrected chi connectivity index (χ0v) is 35.5. The summed E-state index contributed by atoms with van der Waals surface area (Å²) in [5.74, 6) is 0.882. The van der Waals surface area contributed by atoms with Gasteiger partial charge in [0.05, 0.1) is 39.8 Å². The molecule has 4 aromatic rings. The first-order valence-corrected chi connectivity index (χ1v) is 22.9. The van der Waals surface area contributed by atoms with Crippen LogP contribution in [0.3, 0.4) is 0 Å². The predicted molar refractivity (Wildman–Crippen MR) is 227 cm³/mol. The van der Waals surface area contributed by atoms with Crippen LogP contribution in [0.15, 0.2) is 96.2 Å². The van der Waals surface area contributed by atoms with Crippen LogP contribution in [0.1, 0.15) is 68.6 Å². The van der Waals surface area contributed by atoms with Crippen LogP contribution >= 0.6 is 0 Å². The van der Waals surface area contributed by atoms with Crippen LogP contribution in [-0.2, 0) is 28.1 Å². The Bertz CT molecular complexity index is 2110. The lowest BCUT2D eigenvalue weighted by Crippen LogP contribution is -2.52. The van der Waals surface area contributed by atoms with Crippen LogP contribution in [0.4, 0.5) is 11.4 Å². The van der Waals surface area contributed by atoms with Crippen molar-refractivity contribution in [2.45, 2.75) is 90.3 Å². The number of aliphatic hydroxyl groups is 1. The third-order valence-electron chi connectivity index (χ3n) is 11.8. The summed E-state index contributed by atoms with van der Waals surface area (Å²) >= 11 is 0. The lowest BCUT2D eigenvalue weighted by molar-refractivity contribution is -0.145. The highest BCUT2D eigenvalue weighted by molar-refractivity contribution is 6.91. The molecule has 1 spiro atoms. The first kappa shape index (κ1) is 41.6. The Morgan fingerprint density at radius 2 is 1.68 bits per heavy atom. The van der Waals surface area contributed by atoms with E-state index in [1.54, 1.807) is 43.2 Å². The molecule has 6 rings (SSSR count). The Labute approximate surface area is 337 Å². The van der Waals surface area contributed by atoms with Gasteiger partial charge in [-0.05, 0) is 100 Å². The molecule has 57 heavy (non-hydrogen) atoms. The Morgan fingerprint density at radius 1 is 1.00 bits per heavy atom. The lowest BCUT2D eigenvalue weighted by atomic mass is 9.82. The number of hydrogen-bond donors (Lipinski definition) is 2. The molecule has 2 aliphatic rings. The van der Waals surface area contributed by atoms with E-state index in [4.69, 9.17) is 14.2 Å². The molecule has 302 valence electrons. The summed E-state index contributed by atoms with van der Waals surface area (Å²) in [4.78, 5) is 30.7. The number of hydrogen-bond acceptors (Lipinski definition) is 8. The van der Waals surface area contributed by atoms with Gasteiger partial charge in [-0.2, -0.15) is 0 Å². The molecule has 2 amide bonds. The van der Waals surface area contributed by atoms with E-state index in [9.17, 15) is 9.90 Å². The average molecular weight is 792 g/mol. The van der Waals surface area contributed by atoms with E-state index < -0.39 is 13.7 Å². The van der Waals surface area contributed by atoms with Gasteiger partial charge >= 0.3 is 0 Å². The number of allylic oxidation sites excluding steroid dienone is 3. The quantitative estimate of drug-likeness (QED) is 0.0887. The Hall–Kier alpha value is -5.04. The zero-order chi connectivity index (χ0) is 40.9. The van der Waals surface area contributed by atoms with Crippen LogP contribution in [-0.4, -0.2) is 73.5 Å². The number of ether oxygens (including phenoxy) is 3. The van der Waals surface area contributed by atoms with Crippen LogP contribution in [0.25, 0.3) is 0 Å². The molecule has 2 aliphatic heterocycles.